The lowest BCUT2D eigenvalue weighted by molar-refractivity contribution is 0.629. The fourth-order valence-electron chi connectivity index (χ4n) is 2.65. The van der Waals surface area contributed by atoms with Gasteiger partial charge in [0.1, 0.15) is 22.7 Å². The Morgan fingerprint density at radius 3 is 1.55 bits per heavy atom. The van der Waals surface area contributed by atoms with E-state index in [0.29, 0.717) is 0 Å². The molecule has 4 heteroatoms. The van der Waals surface area contributed by atoms with Crippen LogP contribution in [0, 0.1) is 0 Å². The first-order valence-electron chi connectivity index (χ1n) is 6.92. The van der Waals surface area contributed by atoms with E-state index in [9.17, 15) is 0 Å². The largest absolute Gasteiger partial charge is 0.455 e. The summed E-state index contributed by atoms with van der Waals surface area (Å²) in [6.45, 7) is 0. The molecule has 0 amide bonds. The third-order valence-corrected chi connectivity index (χ3v) is 5.45. The van der Waals surface area contributed by atoms with Crippen molar-refractivity contribution in [1.82, 2.24) is 0 Å². The quantitative estimate of drug-likeness (QED) is 0.364. The number of fused-ring (bicyclic) bond motifs is 2. The highest BCUT2D eigenvalue weighted by atomic mass is 32.1. The molecule has 4 heterocycles. The molecule has 0 saturated carbocycles. The molecule has 0 N–H and O–H groups in total. The van der Waals surface area contributed by atoms with Gasteiger partial charge in [0, 0.05) is 10.8 Å². The molecule has 0 fully saturated rings. The zero-order valence-corrected chi connectivity index (χ0v) is 13.0. The number of furan rings is 2. The first kappa shape index (κ1) is 12.3. The Balaban J connectivity index is 1.69. The maximum Gasteiger partial charge on any atom is 0.145 e. The normalized spacial score (nSPS) is 11.6. The first-order valence-corrected chi connectivity index (χ1v) is 8.68. The Kier molecular flexibility index (Phi) is 2.56. The third kappa shape index (κ3) is 1.85. The molecule has 0 bridgehead atoms. The van der Waals surface area contributed by atoms with Gasteiger partial charge < -0.3 is 8.83 Å². The molecule has 22 heavy (non-hydrogen) atoms. The summed E-state index contributed by atoms with van der Waals surface area (Å²) in [6, 6.07) is 16.5. The molecule has 0 spiro atoms. The van der Waals surface area contributed by atoms with Crippen molar-refractivity contribution in [1.29, 1.82) is 0 Å². The van der Waals surface area contributed by atoms with Crippen LogP contribution in [0.15, 0.2) is 68.1 Å². The van der Waals surface area contributed by atoms with Gasteiger partial charge in [-0.25, -0.2) is 0 Å². The monoisotopic (exact) mass is 322 g/mol. The fraction of sp³-hybridized carbons (Fsp3) is 0. The van der Waals surface area contributed by atoms with Crippen molar-refractivity contribution in [3.05, 3.63) is 59.3 Å². The summed E-state index contributed by atoms with van der Waals surface area (Å²) in [5.41, 5.74) is 1.80. The molecule has 106 valence electrons. The first-order chi connectivity index (χ1) is 10.9. The van der Waals surface area contributed by atoms with Gasteiger partial charge in [-0.2, -0.15) is 0 Å². The third-order valence-electron chi connectivity index (χ3n) is 3.68. The highest BCUT2D eigenvalue weighted by molar-refractivity contribution is 7.13. The van der Waals surface area contributed by atoms with Crippen LogP contribution in [0.1, 0.15) is 0 Å². The standard InChI is InChI=1S/C18H10O2S2/c1-3-17(21-5-1)15-9-11-7-14-12(8-13(11)19-15)10-16(20-14)18-4-2-6-22-18/h1-10H. The van der Waals surface area contributed by atoms with Crippen molar-refractivity contribution >= 4 is 44.6 Å². The van der Waals surface area contributed by atoms with Gasteiger partial charge in [0.25, 0.3) is 0 Å². The van der Waals surface area contributed by atoms with Crippen LogP contribution >= 0.6 is 22.7 Å². The smallest absolute Gasteiger partial charge is 0.145 e. The maximum atomic E-state index is 5.99. The highest BCUT2D eigenvalue weighted by Crippen LogP contribution is 2.36. The van der Waals surface area contributed by atoms with E-state index in [1.54, 1.807) is 22.7 Å². The predicted molar refractivity (Wildman–Crippen MR) is 92.6 cm³/mol. The Labute approximate surface area is 134 Å². The second kappa shape index (κ2) is 4.60. The van der Waals surface area contributed by atoms with Gasteiger partial charge in [0.15, 0.2) is 0 Å². The van der Waals surface area contributed by atoms with E-state index < -0.39 is 0 Å². The summed E-state index contributed by atoms with van der Waals surface area (Å²) < 4.78 is 12.0. The Morgan fingerprint density at radius 1 is 0.636 bits per heavy atom. The number of rotatable bonds is 2. The van der Waals surface area contributed by atoms with Gasteiger partial charge >= 0.3 is 0 Å². The van der Waals surface area contributed by atoms with Crippen molar-refractivity contribution in [2.75, 3.05) is 0 Å². The van der Waals surface area contributed by atoms with Crippen molar-refractivity contribution in [2.24, 2.45) is 0 Å². The van der Waals surface area contributed by atoms with Gasteiger partial charge in [-0.1, -0.05) is 12.1 Å². The molecule has 1 aromatic carbocycles. The molecule has 5 rings (SSSR count). The fourth-order valence-corrected chi connectivity index (χ4v) is 4.01. The van der Waals surface area contributed by atoms with Crippen molar-refractivity contribution in [3.63, 3.8) is 0 Å². The highest BCUT2D eigenvalue weighted by Gasteiger charge is 2.12. The average molecular weight is 322 g/mol. The Bertz CT molecular complexity index is 929. The molecule has 0 aliphatic heterocycles. The summed E-state index contributed by atoms with van der Waals surface area (Å²) in [5, 5.41) is 6.26. The molecule has 5 aromatic rings. The summed E-state index contributed by atoms with van der Waals surface area (Å²) >= 11 is 3.36. The van der Waals surface area contributed by atoms with Crippen molar-refractivity contribution in [2.45, 2.75) is 0 Å². The topological polar surface area (TPSA) is 26.3 Å². The molecule has 0 aliphatic carbocycles. The number of benzene rings is 1. The van der Waals surface area contributed by atoms with Crippen LogP contribution in [0.25, 0.3) is 43.2 Å². The summed E-state index contributed by atoms with van der Waals surface area (Å²) in [7, 11) is 0. The number of hydrogen-bond donors (Lipinski definition) is 0. The minimum Gasteiger partial charge on any atom is -0.455 e. The minimum atomic E-state index is 0.898. The molecule has 0 aliphatic rings. The molecular formula is C18H10O2S2. The molecule has 2 nitrogen and oxygen atoms in total. The van der Waals surface area contributed by atoms with E-state index in [1.807, 2.05) is 12.1 Å². The van der Waals surface area contributed by atoms with Crippen LogP contribution in [-0.4, -0.2) is 0 Å². The molecule has 4 aromatic heterocycles. The second-order valence-corrected chi connectivity index (χ2v) is 7.00. The molecule has 0 unspecified atom stereocenters. The lowest BCUT2D eigenvalue weighted by Gasteiger charge is -1.89. The Hall–Kier alpha value is -2.30. The lowest BCUT2D eigenvalue weighted by atomic mass is 10.2. The van der Waals surface area contributed by atoms with Crippen LogP contribution in [0.3, 0.4) is 0 Å². The van der Waals surface area contributed by atoms with Crippen molar-refractivity contribution < 1.29 is 8.83 Å². The zero-order chi connectivity index (χ0) is 14.5. The van der Waals surface area contributed by atoms with E-state index in [-0.39, 0.29) is 0 Å². The summed E-state index contributed by atoms with van der Waals surface area (Å²) in [4.78, 5) is 2.29. The maximum absolute atomic E-state index is 5.99. The molecular weight excluding hydrogens is 312 g/mol. The van der Waals surface area contributed by atoms with E-state index in [4.69, 9.17) is 8.83 Å². The van der Waals surface area contributed by atoms with Crippen LogP contribution in [-0.2, 0) is 0 Å². The average Bonchev–Trinajstić information content (AvgIpc) is 3.27. The SMILES string of the molecule is c1csc(-c2cc3cc4oc(-c5cccs5)cc4cc3o2)c1. The van der Waals surface area contributed by atoms with Gasteiger partial charge in [0.05, 0.1) is 9.75 Å². The van der Waals surface area contributed by atoms with Crippen LogP contribution < -0.4 is 0 Å². The molecule has 0 atom stereocenters. The van der Waals surface area contributed by atoms with Gasteiger partial charge in [-0.3, -0.25) is 0 Å². The number of thiophene rings is 2. The predicted octanol–water partition coefficient (Wildman–Crippen LogP) is 6.64. The second-order valence-electron chi connectivity index (χ2n) is 5.10. The van der Waals surface area contributed by atoms with Crippen molar-refractivity contribution in [3.8, 4) is 21.3 Å². The summed E-state index contributed by atoms with van der Waals surface area (Å²) in [5.74, 6) is 1.83. The van der Waals surface area contributed by atoms with E-state index in [2.05, 4.69) is 47.2 Å². The Morgan fingerprint density at radius 2 is 1.14 bits per heavy atom. The number of hydrogen-bond acceptors (Lipinski definition) is 4. The van der Waals surface area contributed by atoms with Crippen LogP contribution in [0.4, 0.5) is 0 Å². The molecule has 0 radical (unpaired) electrons. The van der Waals surface area contributed by atoms with Crippen LogP contribution in [0.2, 0.25) is 0 Å². The summed E-state index contributed by atoms with van der Waals surface area (Å²) in [6.07, 6.45) is 0. The van der Waals surface area contributed by atoms with Gasteiger partial charge in [0.2, 0.25) is 0 Å². The molecule has 0 saturated heterocycles. The van der Waals surface area contributed by atoms with Gasteiger partial charge in [-0.15, -0.1) is 22.7 Å². The lowest BCUT2D eigenvalue weighted by Crippen LogP contribution is -1.63. The van der Waals surface area contributed by atoms with E-state index in [1.165, 1.54) is 0 Å². The van der Waals surface area contributed by atoms with Gasteiger partial charge in [-0.05, 0) is 47.2 Å². The van der Waals surface area contributed by atoms with Crippen LogP contribution in [0.5, 0.6) is 0 Å². The zero-order valence-electron chi connectivity index (χ0n) is 11.4. The van der Waals surface area contributed by atoms with E-state index >= 15 is 0 Å². The van der Waals surface area contributed by atoms with E-state index in [0.717, 1.165) is 43.2 Å². The minimum absolute atomic E-state index is 0.898.